The summed E-state index contributed by atoms with van der Waals surface area (Å²) in [6.45, 7) is 0.345. The van der Waals surface area contributed by atoms with Gasteiger partial charge in [-0.25, -0.2) is 8.42 Å². The van der Waals surface area contributed by atoms with E-state index in [1.165, 1.54) is 0 Å². The number of fused-ring (bicyclic) bond motifs is 1. The van der Waals surface area contributed by atoms with Gasteiger partial charge in [0.15, 0.2) is 5.78 Å². The van der Waals surface area contributed by atoms with Crippen LogP contribution in [0.2, 0.25) is 0 Å². The van der Waals surface area contributed by atoms with Gasteiger partial charge in [0.25, 0.3) is 0 Å². The molecule has 22 heavy (non-hydrogen) atoms. The summed E-state index contributed by atoms with van der Waals surface area (Å²) in [6.07, 6.45) is 2.42. The fraction of sp³-hybridized carbons (Fsp3) is 0.467. The van der Waals surface area contributed by atoms with E-state index in [4.69, 9.17) is 10.7 Å². The van der Waals surface area contributed by atoms with Crippen molar-refractivity contribution in [2.24, 2.45) is 5.92 Å². The van der Waals surface area contributed by atoms with Crippen molar-refractivity contribution in [2.75, 3.05) is 17.2 Å². The molecule has 1 atom stereocenters. The average Bonchev–Trinajstić information content (AvgIpc) is 2.77. The number of nitrogens with zero attached hydrogens (tertiary/aromatic N) is 1. The Balaban J connectivity index is 1.83. The molecule has 0 aromatic heterocycles. The van der Waals surface area contributed by atoms with Crippen LogP contribution in [0.5, 0.6) is 0 Å². The Kier molecular flexibility index (Phi) is 3.99. The molecule has 1 aromatic rings. The molecule has 1 heterocycles. The number of hydrogen-bond donors (Lipinski definition) is 0. The predicted molar refractivity (Wildman–Crippen MR) is 83.8 cm³/mol. The number of ketones is 1. The van der Waals surface area contributed by atoms with Crippen LogP contribution in [0, 0.1) is 5.92 Å². The van der Waals surface area contributed by atoms with Gasteiger partial charge in [-0.2, -0.15) is 0 Å². The van der Waals surface area contributed by atoms with Crippen molar-refractivity contribution in [3.8, 4) is 0 Å². The topological polar surface area (TPSA) is 71.5 Å². The molecule has 7 heteroatoms. The minimum absolute atomic E-state index is 0.104. The van der Waals surface area contributed by atoms with Crippen LogP contribution in [0.3, 0.4) is 0 Å². The quantitative estimate of drug-likeness (QED) is 0.789. The van der Waals surface area contributed by atoms with E-state index in [1.54, 1.807) is 17.0 Å². The Hall–Kier alpha value is -1.40. The minimum Gasteiger partial charge on any atom is -0.312 e. The lowest BCUT2D eigenvalue weighted by atomic mass is 9.90. The van der Waals surface area contributed by atoms with E-state index >= 15 is 0 Å². The standard InChI is InChI=1S/C15H16ClNO4S/c16-22(20,21)9-10-6-15(19)17(8-10)12-4-5-13-11(7-12)2-1-3-14(13)18/h4-5,7,10H,1-3,6,8-9H2. The second kappa shape index (κ2) is 5.66. The van der Waals surface area contributed by atoms with Crippen LogP contribution in [0.1, 0.15) is 35.2 Å². The van der Waals surface area contributed by atoms with E-state index in [9.17, 15) is 18.0 Å². The second-order valence-electron chi connectivity index (χ2n) is 5.90. The van der Waals surface area contributed by atoms with Gasteiger partial charge >= 0.3 is 0 Å². The summed E-state index contributed by atoms with van der Waals surface area (Å²) in [6, 6.07) is 5.41. The number of rotatable bonds is 3. The van der Waals surface area contributed by atoms with Gasteiger partial charge in [-0.1, -0.05) is 0 Å². The molecule has 0 N–H and O–H groups in total. The number of carbonyl (C=O) groups excluding carboxylic acids is 2. The number of amides is 1. The fourth-order valence-corrected chi connectivity index (χ4v) is 4.55. The van der Waals surface area contributed by atoms with E-state index < -0.39 is 9.05 Å². The Bertz CT molecular complexity index is 744. The van der Waals surface area contributed by atoms with Gasteiger partial charge in [0.2, 0.25) is 15.0 Å². The molecule has 1 aliphatic heterocycles. The highest BCUT2D eigenvalue weighted by molar-refractivity contribution is 8.13. The van der Waals surface area contributed by atoms with Crippen molar-refractivity contribution in [1.82, 2.24) is 0 Å². The number of Topliss-reactive ketones (excluding diaryl/α,β-unsaturated/α-hetero) is 1. The average molecular weight is 342 g/mol. The lowest BCUT2D eigenvalue weighted by Gasteiger charge is -2.21. The van der Waals surface area contributed by atoms with Gasteiger partial charge in [0, 0.05) is 47.2 Å². The van der Waals surface area contributed by atoms with Gasteiger partial charge in [0.05, 0.1) is 5.75 Å². The van der Waals surface area contributed by atoms with E-state index in [-0.39, 0.29) is 29.8 Å². The molecular formula is C15H16ClNO4S. The number of hydrogen-bond acceptors (Lipinski definition) is 4. The Morgan fingerprint density at radius 2 is 2.00 bits per heavy atom. The zero-order valence-electron chi connectivity index (χ0n) is 11.9. The molecule has 0 radical (unpaired) electrons. The third-order valence-electron chi connectivity index (χ3n) is 4.19. The summed E-state index contributed by atoms with van der Waals surface area (Å²) in [5, 5.41) is 0. The number of halogens is 1. The van der Waals surface area contributed by atoms with Crippen molar-refractivity contribution in [3.05, 3.63) is 29.3 Å². The second-order valence-corrected chi connectivity index (χ2v) is 8.72. The van der Waals surface area contributed by atoms with Crippen LogP contribution in [0.4, 0.5) is 5.69 Å². The molecule has 1 aliphatic carbocycles. The summed E-state index contributed by atoms with van der Waals surface area (Å²) in [5.41, 5.74) is 2.43. The highest BCUT2D eigenvalue weighted by Gasteiger charge is 2.33. The maximum absolute atomic E-state index is 12.1. The van der Waals surface area contributed by atoms with Crippen LogP contribution in [0.15, 0.2) is 18.2 Å². The van der Waals surface area contributed by atoms with Crippen LogP contribution in [-0.4, -0.2) is 32.4 Å². The fourth-order valence-electron chi connectivity index (χ4n) is 3.23. The first-order valence-corrected chi connectivity index (χ1v) is 9.70. The van der Waals surface area contributed by atoms with Gasteiger partial charge in [0.1, 0.15) is 0 Å². The van der Waals surface area contributed by atoms with Crippen molar-refractivity contribution >= 4 is 37.1 Å². The maximum atomic E-state index is 12.1. The van der Waals surface area contributed by atoms with E-state index in [2.05, 4.69) is 0 Å². The lowest BCUT2D eigenvalue weighted by molar-refractivity contribution is -0.117. The zero-order chi connectivity index (χ0) is 15.9. The molecule has 1 aromatic carbocycles. The molecular weight excluding hydrogens is 326 g/mol. The first kappa shape index (κ1) is 15.5. The molecule has 118 valence electrons. The van der Waals surface area contributed by atoms with Crippen LogP contribution in [0.25, 0.3) is 0 Å². The molecule has 1 saturated heterocycles. The molecule has 1 unspecified atom stereocenters. The smallest absolute Gasteiger partial charge is 0.232 e. The van der Waals surface area contributed by atoms with Crippen molar-refractivity contribution < 1.29 is 18.0 Å². The summed E-state index contributed by atoms with van der Waals surface area (Å²) >= 11 is 0. The van der Waals surface area contributed by atoms with Gasteiger partial charge in [-0.15, -0.1) is 0 Å². The van der Waals surface area contributed by atoms with E-state index in [1.807, 2.05) is 6.07 Å². The summed E-state index contributed by atoms with van der Waals surface area (Å²) in [4.78, 5) is 25.5. The molecule has 1 fully saturated rings. The Morgan fingerprint density at radius 3 is 2.73 bits per heavy atom. The molecule has 1 amide bonds. The monoisotopic (exact) mass is 341 g/mol. The minimum atomic E-state index is -3.61. The van der Waals surface area contributed by atoms with Crippen LogP contribution < -0.4 is 4.90 Å². The maximum Gasteiger partial charge on any atom is 0.232 e. The number of benzene rings is 1. The van der Waals surface area contributed by atoms with Crippen LogP contribution >= 0.6 is 10.7 Å². The Labute approximate surface area is 133 Å². The van der Waals surface area contributed by atoms with E-state index in [0.717, 1.165) is 29.7 Å². The number of aryl methyl sites for hydroxylation is 1. The highest BCUT2D eigenvalue weighted by Crippen LogP contribution is 2.30. The van der Waals surface area contributed by atoms with Gasteiger partial charge in [-0.05, 0) is 36.6 Å². The zero-order valence-corrected chi connectivity index (χ0v) is 13.5. The van der Waals surface area contributed by atoms with Crippen molar-refractivity contribution in [3.63, 3.8) is 0 Å². The molecule has 2 aliphatic rings. The molecule has 5 nitrogen and oxygen atoms in total. The summed E-state index contributed by atoms with van der Waals surface area (Å²) < 4.78 is 22.3. The first-order chi connectivity index (χ1) is 10.3. The molecule has 3 rings (SSSR count). The summed E-state index contributed by atoms with van der Waals surface area (Å²) in [5.74, 6) is -0.438. The van der Waals surface area contributed by atoms with Gasteiger partial charge in [-0.3, -0.25) is 9.59 Å². The van der Waals surface area contributed by atoms with Crippen LogP contribution in [-0.2, 0) is 20.3 Å². The molecule has 0 bridgehead atoms. The third-order valence-corrected chi connectivity index (χ3v) is 5.44. The Morgan fingerprint density at radius 1 is 1.23 bits per heavy atom. The molecule has 0 saturated carbocycles. The lowest BCUT2D eigenvalue weighted by Crippen LogP contribution is -2.26. The number of carbonyl (C=O) groups is 2. The first-order valence-electron chi connectivity index (χ1n) is 7.22. The SMILES string of the molecule is O=C1CCCc2cc(N3CC(CS(=O)(=O)Cl)CC3=O)ccc21. The summed E-state index contributed by atoms with van der Waals surface area (Å²) in [7, 11) is 1.66. The largest absolute Gasteiger partial charge is 0.312 e. The third kappa shape index (κ3) is 3.17. The number of anilines is 1. The molecule has 0 spiro atoms. The normalized spacial score (nSPS) is 22.0. The van der Waals surface area contributed by atoms with Crippen molar-refractivity contribution in [1.29, 1.82) is 0 Å². The van der Waals surface area contributed by atoms with Crippen molar-refractivity contribution in [2.45, 2.75) is 25.7 Å². The predicted octanol–water partition coefficient (Wildman–Crippen LogP) is 2.13. The van der Waals surface area contributed by atoms with E-state index in [0.29, 0.717) is 13.0 Å². The highest BCUT2D eigenvalue weighted by atomic mass is 35.7. The van der Waals surface area contributed by atoms with Gasteiger partial charge < -0.3 is 4.90 Å².